The van der Waals surface area contributed by atoms with E-state index >= 15 is 0 Å². The minimum absolute atomic E-state index is 0. The van der Waals surface area contributed by atoms with E-state index in [9.17, 15) is 4.79 Å². The van der Waals surface area contributed by atoms with Gasteiger partial charge in [-0.25, -0.2) is 0 Å². The number of nitrogens with one attached hydrogen (secondary N) is 1. The fraction of sp³-hybridized carbons (Fsp3) is 0.409. The summed E-state index contributed by atoms with van der Waals surface area (Å²) in [7, 11) is 0. The standard InChI is InChI=1S/C22H26N2O3.ClH/c23-14-16-3-5-17(6-4-16)21(25)24-15-22(9-1-2-10-22)18-7-8-19-20(13-18)27-12-11-26-19;/h3-8,13H,1-2,9-12,14-15,23H2,(H,24,25);1H. The Labute approximate surface area is 172 Å². The summed E-state index contributed by atoms with van der Waals surface area (Å²) in [6.07, 6.45) is 4.49. The van der Waals surface area contributed by atoms with Gasteiger partial charge < -0.3 is 20.5 Å². The van der Waals surface area contributed by atoms with E-state index in [2.05, 4.69) is 17.4 Å². The summed E-state index contributed by atoms with van der Waals surface area (Å²) in [6.45, 7) is 2.29. The van der Waals surface area contributed by atoms with Crippen molar-refractivity contribution < 1.29 is 14.3 Å². The number of benzene rings is 2. The number of amides is 1. The zero-order valence-corrected chi connectivity index (χ0v) is 16.7. The number of rotatable bonds is 5. The third kappa shape index (κ3) is 4.10. The van der Waals surface area contributed by atoms with Crippen LogP contribution in [0.3, 0.4) is 0 Å². The fourth-order valence-electron chi connectivity index (χ4n) is 4.14. The molecule has 0 unspecified atom stereocenters. The van der Waals surface area contributed by atoms with E-state index in [0.717, 1.165) is 29.9 Å². The lowest BCUT2D eigenvalue weighted by Gasteiger charge is -2.31. The number of carbonyl (C=O) groups excluding carboxylic acids is 1. The average molecular weight is 403 g/mol. The maximum Gasteiger partial charge on any atom is 0.251 e. The summed E-state index contributed by atoms with van der Waals surface area (Å²) in [5.74, 6) is 1.58. The lowest BCUT2D eigenvalue weighted by Crippen LogP contribution is -2.39. The SMILES string of the molecule is Cl.NCc1ccc(C(=O)NCC2(c3ccc4c(c3)OCCO4)CCCC2)cc1. The van der Waals surface area contributed by atoms with Gasteiger partial charge in [-0.3, -0.25) is 4.79 Å². The molecular weight excluding hydrogens is 376 g/mol. The number of carbonyl (C=O) groups is 1. The molecule has 1 fully saturated rings. The highest BCUT2D eigenvalue weighted by Crippen LogP contribution is 2.43. The van der Waals surface area contributed by atoms with E-state index < -0.39 is 0 Å². The second-order valence-electron chi connectivity index (χ2n) is 7.43. The normalized spacial score (nSPS) is 16.9. The van der Waals surface area contributed by atoms with E-state index in [4.69, 9.17) is 15.2 Å². The van der Waals surface area contributed by atoms with Gasteiger partial charge in [-0.05, 0) is 48.2 Å². The topological polar surface area (TPSA) is 73.6 Å². The number of nitrogens with two attached hydrogens (primary N) is 1. The van der Waals surface area contributed by atoms with Crippen LogP contribution in [0.5, 0.6) is 11.5 Å². The minimum atomic E-state index is -0.0395. The summed E-state index contributed by atoms with van der Waals surface area (Å²) in [6, 6.07) is 13.7. The van der Waals surface area contributed by atoms with Crippen molar-refractivity contribution in [1.29, 1.82) is 0 Å². The van der Waals surface area contributed by atoms with E-state index in [-0.39, 0.29) is 23.7 Å². The van der Waals surface area contributed by atoms with Crippen LogP contribution in [-0.2, 0) is 12.0 Å². The second kappa shape index (κ2) is 8.84. The second-order valence-corrected chi connectivity index (χ2v) is 7.43. The van der Waals surface area contributed by atoms with Crippen LogP contribution in [0.1, 0.15) is 47.2 Å². The van der Waals surface area contributed by atoms with Crippen molar-refractivity contribution in [1.82, 2.24) is 5.32 Å². The molecule has 0 saturated heterocycles. The molecule has 2 aliphatic rings. The lowest BCUT2D eigenvalue weighted by molar-refractivity contribution is 0.0943. The molecule has 0 aromatic heterocycles. The van der Waals surface area contributed by atoms with Gasteiger partial charge in [0.05, 0.1) is 0 Å². The molecule has 1 aliphatic heterocycles. The van der Waals surface area contributed by atoms with Crippen molar-refractivity contribution in [3.05, 3.63) is 59.2 Å². The molecule has 0 radical (unpaired) electrons. The van der Waals surface area contributed by atoms with Crippen molar-refractivity contribution in [2.75, 3.05) is 19.8 Å². The van der Waals surface area contributed by atoms with Gasteiger partial charge in [-0.15, -0.1) is 12.4 Å². The first-order valence-electron chi connectivity index (χ1n) is 9.68. The molecule has 1 saturated carbocycles. The van der Waals surface area contributed by atoms with E-state index in [1.165, 1.54) is 18.4 Å². The monoisotopic (exact) mass is 402 g/mol. The van der Waals surface area contributed by atoms with Gasteiger partial charge in [0.15, 0.2) is 11.5 Å². The zero-order chi connectivity index (χ0) is 18.7. The van der Waals surface area contributed by atoms with Gasteiger partial charge in [0, 0.05) is 24.1 Å². The molecule has 150 valence electrons. The molecule has 2 aromatic carbocycles. The van der Waals surface area contributed by atoms with E-state index in [1.807, 2.05) is 30.3 Å². The molecule has 4 rings (SSSR count). The van der Waals surface area contributed by atoms with Crippen LogP contribution in [0.4, 0.5) is 0 Å². The van der Waals surface area contributed by atoms with Crippen LogP contribution in [0.2, 0.25) is 0 Å². The highest BCUT2D eigenvalue weighted by Gasteiger charge is 2.36. The molecule has 0 bridgehead atoms. The lowest BCUT2D eigenvalue weighted by atomic mass is 9.78. The predicted molar refractivity (Wildman–Crippen MR) is 111 cm³/mol. The Balaban J connectivity index is 0.00000225. The first-order valence-corrected chi connectivity index (χ1v) is 9.68. The third-order valence-corrected chi connectivity index (χ3v) is 5.75. The van der Waals surface area contributed by atoms with Crippen molar-refractivity contribution in [3.8, 4) is 11.5 Å². The van der Waals surface area contributed by atoms with Gasteiger partial charge in [-0.2, -0.15) is 0 Å². The average Bonchev–Trinajstić information content (AvgIpc) is 3.22. The first-order chi connectivity index (χ1) is 13.2. The summed E-state index contributed by atoms with van der Waals surface area (Å²) in [4.78, 5) is 12.6. The number of hydrogen-bond donors (Lipinski definition) is 2. The van der Waals surface area contributed by atoms with Crippen molar-refractivity contribution in [2.45, 2.75) is 37.6 Å². The number of ether oxygens (including phenoxy) is 2. The molecular formula is C22H27ClN2O3. The van der Waals surface area contributed by atoms with E-state index in [1.54, 1.807) is 0 Å². The van der Waals surface area contributed by atoms with Gasteiger partial charge in [-0.1, -0.05) is 31.0 Å². The summed E-state index contributed by atoms with van der Waals surface area (Å²) in [5.41, 5.74) is 8.51. The maximum absolute atomic E-state index is 12.6. The Morgan fingerprint density at radius 1 is 1.00 bits per heavy atom. The van der Waals surface area contributed by atoms with Crippen LogP contribution >= 0.6 is 12.4 Å². The largest absolute Gasteiger partial charge is 0.486 e. The van der Waals surface area contributed by atoms with Crippen LogP contribution in [0.25, 0.3) is 0 Å². The number of fused-ring (bicyclic) bond motifs is 1. The van der Waals surface area contributed by atoms with Crippen molar-refractivity contribution >= 4 is 18.3 Å². The predicted octanol–water partition coefficient (Wildman–Crippen LogP) is 3.58. The zero-order valence-electron chi connectivity index (χ0n) is 15.9. The molecule has 1 heterocycles. The molecule has 2 aromatic rings. The smallest absolute Gasteiger partial charge is 0.251 e. The molecule has 1 aliphatic carbocycles. The maximum atomic E-state index is 12.6. The number of hydrogen-bond acceptors (Lipinski definition) is 4. The fourth-order valence-corrected chi connectivity index (χ4v) is 4.14. The summed E-state index contributed by atoms with van der Waals surface area (Å²) >= 11 is 0. The van der Waals surface area contributed by atoms with Crippen LogP contribution in [-0.4, -0.2) is 25.7 Å². The molecule has 0 atom stereocenters. The molecule has 6 heteroatoms. The van der Waals surface area contributed by atoms with Gasteiger partial charge in [0.25, 0.3) is 5.91 Å². The summed E-state index contributed by atoms with van der Waals surface area (Å²) in [5, 5.41) is 3.16. The molecule has 3 N–H and O–H groups in total. The van der Waals surface area contributed by atoms with Crippen LogP contribution in [0, 0.1) is 0 Å². The summed E-state index contributed by atoms with van der Waals surface area (Å²) < 4.78 is 11.4. The minimum Gasteiger partial charge on any atom is -0.486 e. The van der Waals surface area contributed by atoms with E-state index in [0.29, 0.717) is 31.9 Å². The van der Waals surface area contributed by atoms with Gasteiger partial charge >= 0.3 is 0 Å². The van der Waals surface area contributed by atoms with Gasteiger partial charge in [0.1, 0.15) is 13.2 Å². The molecule has 0 spiro atoms. The number of halogens is 1. The highest BCUT2D eigenvalue weighted by molar-refractivity contribution is 5.94. The Hall–Kier alpha value is -2.24. The van der Waals surface area contributed by atoms with Crippen LogP contribution in [0.15, 0.2) is 42.5 Å². The third-order valence-electron chi connectivity index (χ3n) is 5.75. The Morgan fingerprint density at radius 2 is 1.68 bits per heavy atom. The quantitative estimate of drug-likeness (QED) is 0.801. The molecule has 1 amide bonds. The Morgan fingerprint density at radius 3 is 2.36 bits per heavy atom. The van der Waals surface area contributed by atoms with Crippen LogP contribution < -0.4 is 20.5 Å². The Bertz CT molecular complexity index is 817. The van der Waals surface area contributed by atoms with Crippen molar-refractivity contribution in [3.63, 3.8) is 0 Å². The first kappa shape index (κ1) is 20.5. The Kier molecular flexibility index (Phi) is 6.47. The molecule has 5 nitrogen and oxygen atoms in total. The molecule has 28 heavy (non-hydrogen) atoms. The van der Waals surface area contributed by atoms with Gasteiger partial charge in [0.2, 0.25) is 0 Å². The highest BCUT2D eigenvalue weighted by atomic mass is 35.5. The van der Waals surface area contributed by atoms with Crippen molar-refractivity contribution in [2.24, 2.45) is 5.73 Å².